The molecule has 2 N–H and O–H groups in total. The van der Waals surface area contributed by atoms with Crippen LogP contribution in [-0.2, 0) is 20.9 Å². The third-order valence-corrected chi connectivity index (χ3v) is 4.51. The van der Waals surface area contributed by atoms with Crippen molar-refractivity contribution in [1.29, 1.82) is 0 Å². The van der Waals surface area contributed by atoms with E-state index in [0.717, 1.165) is 4.88 Å². The molecular weight excluding hydrogens is 348 g/mol. The minimum atomic E-state index is -0.672. The van der Waals surface area contributed by atoms with Crippen molar-refractivity contribution in [3.8, 4) is 10.7 Å². The lowest BCUT2D eigenvalue weighted by Crippen LogP contribution is -2.43. The van der Waals surface area contributed by atoms with Crippen LogP contribution in [0.3, 0.4) is 0 Å². The average molecular weight is 368 g/mol. The van der Waals surface area contributed by atoms with Gasteiger partial charge in [-0.15, -0.1) is 11.3 Å². The van der Waals surface area contributed by atoms with Crippen molar-refractivity contribution in [2.75, 3.05) is 7.11 Å². The molecule has 1 unspecified atom stereocenters. The predicted octanol–water partition coefficient (Wildman–Crippen LogP) is 2.37. The van der Waals surface area contributed by atoms with Crippen LogP contribution in [-0.4, -0.2) is 39.8 Å². The van der Waals surface area contributed by atoms with Crippen molar-refractivity contribution >= 4 is 35.4 Å². The van der Waals surface area contributed by atoms with Crippen molar-refractivity contribution < 1.29 is 14.3 Å². The molecule has 7 nitrogen and oxygen atoms in total. The van der Waals surface area contributed by atoms with E-state index in [1.807, 2.05) is 31.4 Å². The first-order valence-corrected chi connectivity index (χ1v) is 8.77. The van der Waals surface area contributed by atoms with Crippen molar-refractivity contribution in [2.24, 2.45) is 5.92 Å². The standard InChI is InChI=1S/C15H20N4O3S2/c1-9(2)7-10(14(21)22-3)16-12(20)8-19-13(17-18-15(19)23)11-5-4-6-24-11/h4-6,9-10H,7-8H2,1-3H3,(H,16,20)(H,18,23). The van der Waals surface area contributed by atoms with E-state index in [2.05, 4.69) is 15.5 Å². The average Bonchev–Trinajstić information content (AvgIpc) is 3.16. The first kappa shape index (κ1) is 18.3. The summed E-state index contributed by atoms with van der Waals surface area (Å²) in [5.74, 6) is 0.0727. The molecule has 0 aliphatic heterocycles. The number of aromatic nitrogens is 3. The minimum Gasteiger partial charge on any atom is -0.467 e. The molecule has 0 spiro atoms. The van der Waals surface area contributed by atoms with E-state index >= 15 is 0 Å². The molecule has 0 aromatic carbocycles. The molecule has 0 aliphatic carbocycles. The Balaban J connectivity index is 2.13. The molecule has 1 amide bonds. The molecule has 0 bridgehead atoms. The summed E-state index contributed by atoms with van der Waals surface area (Å²) in [4.78, 5) is 25.1. The number of nitrogens with one attached hydrogen (secondary N) is 2. The van der Waals surface area contributed by atoms with E-state index in [1.165, 1.54) is 18.4 Å². The van der Waals surface area contributed by atoms with Gasteiger partial charge in [-0.2, -0.15) is 5.10 Å². The van der Waals surface area contributed by atoms with Crippen LogP contribution < -0.4 is 5.32 Å². The highest BCUT2D eigenvalue weighted by Gasteiger charge is 2.23. The second kappa shape index (κ2) is 8.20. The summed E-state index contributed by atoms with van der Waals surface area (Å²) in [6, 6.07) is 3.13. The Hall–Kier alpha value is -2.00. The van der Waals surface area contributed by atoms with E-state index in [4.69, 9.17) is 17.0 Å². The number of aromatic amines is 1. The number of hydrogen-bond donors (Lipinski definition) is 2. The van der Waals surface area contributed by atoms with Gasteiger partial charge in [-0.25, -0.2) is 4.79 Å². The zero-order chi connectivity index (χ0) is 17.7. The number of hydrogen-bond acceptors (Lipinski definition) is 6. The molecule has 0 fully saturated rings. The number of thiophene rings is 1. The van der Waals surface area contributed by atoms with Gasteiger partial charge in [0.25, 0.3) is 0 Å². The molecule has 2 aromatic heterocycles. The summed E-state index contributed by atoms with van der Waals surface area (Å²) >= 11 is 6.71. The van der Waals surface area contributed by atoms with Gasteiger partial charge in [0.15, 0.2) is 10.6 Å². The zero-order valence-corrected chi connectivity index (χ0v) is 15.4. The van der Waals surface area contributed by atoms with Crippen LogP contribution in [0.15, 0.2) is 17.5 Å². The number of nitrogens with zero attached hydrogens (tertiary/aromatic N) is 2. The number of H-pyrrole nitrogens is 1. The molecule has 9 heteroatoms. The van der Waals surface area contributed by atoms with Gasteiger partial charge in [0.1, 0.15) is 12.6 Å². The summed E-state index contributed by atoms with van der Waals surface area (Å²) in [7, 11) is 1.31. The van der Waals surface area contributed by atoms with E-state index in [-0.39, 0.29) is 18.4 Å². The molecule has 0 saturated carbocycles. The highest BCUT2D eigenvalue weighted by molar-refractivity contribution is 7.71. The normalized spacial score (nSPS) is 12.2. The van der Waals surface area contributed by atoms with Crippen LogP contribution in [0.25, 0.3) is 10.7 Å². The number of rotatable bonds is 7. The van der Waals surface area contributed by atoms with Gasteiger partial charge < -0.3 is 10.1 Å². The quantitative estimate of drug-likeness (QED) is 0.578. The van der Waals surface area contributed by atoms with E-state index in [0.29, 0.717) is 17.0 Å². The summed E-state index contributed by atoms with van der Waals surface area (Å²) in [5.41, 5.74) is 0. The van der Waals surface area contributed by atoms with E-state index in [9.17, 15) is 9.59 Å². The van der Waals surface area contributed by atoms with E-state index in [1.54, 1.807) is 4.57 Å². The lowest BCUT2D eigenvalue weighted by Gasteiger charge is -2.18. The highest BCUT2D eigenvalue weighted by Crippen LogP contribution is 2.22. The number of ether oxygens (including phenoxy) is 1. The number of esters is 1. The van der Waals surface area contributed by atoms with Crippen LogP contribution in [0.1, 0.15) is 20.3 Å². The number of methoxy groups -OCH3 is 1. The molecule has 0 saturated heterocycles. The molecule has 0 radical (unpaired) electrons. The summed E-state index contributed by atoms with van der Waals surface area (Å²) in [5, 5.41) is 11.5. The SMILES string of the molecule is COC(=O)C(CC(C)C)NC(=O)Cn1c(-c2cccs2)n[nH]c1=S. The van der Waals surface area contributed by atoms with Gasteiger partial charge in [0.05, 0.1) is 12.0 Å². The monoisotopic (exact) mass is 368 g/mol. The summed E-state index contributed by atoms with van der Waals surface area (Å²) in [6.45, 7) is 3.93. The van der Waals surface area contributed by atoms with Gasteiger partial charge in [-0.3, -0.25) is 14.5 Å². The minimum absolute atomic E-state index is 0.0197. The first-order chi connectivity index (χ1) is 11.4. The lowest BCUT2D eigenvalue weighted by molar-refractivity contribution is -0.145. The molecule has 24 heavy (non-hydrogen) atoms. The second-order valence-electron chi connectivity index (χ2n) is 5.69. The van der Waals surface area contributed by atoms with Gasteiger partial charge in [-0.1, -0.05) is 19.9 Å². The third kappa shape index (κ3) is 4.51. The van der Waals surface area contributed by atoms with Crippen molar-refractivity contribution in [1.82, 2.24) is 20.1 Å². The zero-order valence-electron chi connectivity index (χ0n) is 13.7. The second-order valence-corrected chi connectivity index (χ2v) is 7.02. The Morgan fingerprint density at radius 3 is 2.83 bits per heavy atom. The maximum atomic E-state index is 12.4. The fraction of sp³-hybridized carbons (Fsp3) is 0.467. The van der Waals surface area contributed by atoms with Crippen molar-refractivity contribution in [3.05, 3.63) is 22.3 Å². The van der Waals surface area contributed by atoms with Gasteiger partial charge in [0, 0.05) is 0 Å². The molecular formula is C15H20N4O3S2. The van der Waals surface area contributed by atoms with Crippen LogP contribution in [0.4, 0.5) is 0 Å². The molecule has 2 aromatic rings. The fourth-order valence-electron chi connectivity index (χ4n) is 2.27. The Kier molecular flexibility index (Phi) is 6.27. The number of carbonyl (C=O) groups excluding carboxylic acids is 2. The molecule has 1 atom stereocenters. The maximum absolute atomic E-state index is 12.4. The Bertz CT molecular complexity index is 749. The summed E-state index contributed by atoms with van der Waals surface area (Å²) < 4.78 is 6.72. The Morgan fingerprint density at radius 2 is 2.25 bits per heavy atom. The first-order valence-electron chi connectivity index (χ1n) is 7.48. The van der Waals surface area contributed by atoms with Crippen molar-refractivity contribution in [2.45, 2.75) is 32.9 Å². The van der Waals surface area contributed by atoms with Gasteiger partial charge in [0.2, 0.25) is 5.91 Å². The Labute approximate surface area is 149 Å². The van der Waals surface area contributed by atoms with Gasteiger partial charge >= 0.3 is 5.97 Å². The molecule has 2 heterocycles. The fourth-order valence-corrected chi connectivity index (χ4v) is 3.19. The smallest absolute Gasteiger partial charge is 0.328 e. The third-order valence-electron chi connectivity index (χ3n) is 3.33. The summed E-state index contributed by atoms with van der Waals surface area (Å²) in [6.07, 6.45) is 0.507. The lowest BCUT2D eigenvalue weighted by atomic mass is 10.0. The Morgan fingerprint density at radius 1 is 1.50 bits per heavy atom. The largest absolute Gasteiger partial charge is 0.467 e. The molecule has 2 rings (SSSR count). The number of amides is 1. The van der Waals surface area contributed by atoms with Crippen molar-refractivity contribution in [3.63, 3.8) is 0 Å². The van der Waals surface area contributed by atoms with Crippen LogP contribution in [0, 0.1) is 10.7 Å². The highest BCUT2D eigenvalue weighted by atomic mass is 32.1. The molecule has 130 valence electrons. The van der Waals surface area contributed by atoms with Crippen LogP contribution in [0.2, 0.25) is 0 Å². The maximum Gasteiger partial charge on any atom is 0.328 e. The van der Waals surface area contributed by atoms with Crippen LogP contribution >= 0.6 is 23.6 Å². The van der Waals surface area contributed by atoms with Crippen LogP contribution in [0.5, 0.6) is 0 Å². The topological polar surface area (TPSA) is 89.0 Å². The van der Waals surface area contributed by atoms with E-state index < -0.39 is 12.0 Å². The predicted molar refractivity (Wildman–Crippen MR) is 94.1 cm³/mol. The molecule has 0 aliphatic rings. The van der Waals surface area contributed by atoms with Gasteiger partial charge in [-0.05, 0) is 36.0 Å². The number of carbonyl (C=O) groups is 2.